The van der Waals surface area contributed by atoms with Crippen LogP contribution >= 0.6 is 22.7 Å². The molecule has 30 heavy (non-hydrogen) atoms. The molecule has 0 aromatic carbocycles. The number of methoxy groups -OCH3 is 1. The molecule has 1 aliphatic heterocycles. The molecular weight excluding hydrogens is 418 g/mol. The molecule has 0 saturated carbocycles. The summed E-state index contributed by atoms with van der Waals surface area (Å²) in [4.78, 5) is 29.8. The third-order valence-electron chi connectivity index (χ3n) is 5.56. The summed E-state index contributed by atoms with van der Waals surface area (Å²) in [5.41, 5.74) is 2.93. The third kappa shape index (κ3) is 4.02. The van der Waals surface area contributed by atoms with E-state index >= 15 is 0 Å². The fourth-order valence-corrected chi connectivity index (χ4v) is 6.05. The molecule has 0 unspecified atom stereocenters. The number of esters is 1. The lowest BCUT2D eigenvalue weighted by atomic mass is 9.74. The van der Waals surface area contributed by atoms with Gasteiger partial charge in [0.1, 0.15) is 6.61 Å². The van der Waals surface area contributed by atoms with E-state index in [1.807, 2.05) is 32.0 Å². The van der Waals surface area contributed by atoms with Crippen LogP contribution in [0.3, 0.4) is 0 Å². The largest absolute Gasteiger partial charge is 0.460 e. The number of rotatable bonds is 6. The van der Waals surface area contributed by atoms with Crippen LogP contribution in [0.1, 0.15) is 46.2 Å². The fourth-order valence-electron chi connectivity index (χ4n) is 4.22. The van der Waals surface area contributed by atoms with Crippen molar-refractivity contribution >= 4 is 34.4 Å². The van der Waals surface area contributed by atoms with Crippen molar-refractivity contribution in [2.24, 2.45) is 0 Å². The Morgan fingerprint density at radius 3 is 2.67 bits per heavy atom. The number of nitrogens with one attached hydrogen (secondary N) is 1. The number of carbonyl (C=O) groups is 2. The first kappa shape index (κ1) is 21.0. The van der Waals surface area contributed by atoms with Gasteiger partial charge in [0, 0.05) is 51.0 Å². The minimum atomic E-state index is -0.396. The minimum absolute atomic E-state index is 0.105. The molecule has 2 atom stereocenters. The van der Waals surface area contributed by atoms with E-state index in [2.05, 4.69) is 16.8 Å². The number of thiophene rings is 2. The first-order valence-electron chi connectivity index (χ1n) is 9.99. The molecule has 2 aliphatic rings. The highest BCUT2D eigenvalue weighted by Gasteiger charge is 2.42. The maximum Gasteiger partial charge on any atom is 0.336 e. The van der Waals surface area contributed by atoms with Crippen LogP contribution < -0.4 is 5.32 Å². The molecule has 0 radical (unpaired) electrons. The van der Waals surface area contributed by atoms with Crippen molar-refractivity contribution in [1.82, 2.24) is 5.32 Å². The SMILES string of the molecule is COCCOC(=O)C1=C(C)NC2=C(C(=O)C[C@@H](c3cccs3)C2)[C@H]1c1ccc(C)s1. The number of hydrogen-bond acceptors (Lipinski definition) is 7. The first-order valence-corrected chi connectivity index (χ1v) is 11.7. The zero-order chi connectivity index (χ0) is 21.3. The lowest BCUT2D eigenvalue weighted by Gasteiger charge is -2.35. The average Bonchev–Trinajstić information content (AvgIpc) is 3.38. The van der Waals surface area contributed by atoms with Crippen LogP contribution in [0.5, 0.6) is 0 Å². The summed E-state index contributed by atoms with van der Waals surface area (Å²) in [6.45, 7) is 4.45. The van der Waals surface area contributed by atoms with E-state index in [1.54, 1.807) is 29.8 Å². The number of hydrogen-bond donors (Lipinski definition) is 1. The highest BCUT2D eigenvalue weighted by Crippen LogP contribution is 2.47. The number of Topliss-reactive ketones (excluding diaryl/α,β-unsaturated/α-hetero) is 1. The van der Waals surface area contributed by atoms with E-state index in [4.69, 9.17) is 9.47 Å². The molecule has 0 bridgehead atoms. The van der Waals surface area contributed by atoms with E-state index in [-0.39, 0.29) is 24.2 Å². The lowest BCUT2D eigenvalue weighted by Crippen LogP contribution is -2.36. The summed E-state index contributed by atoms with van der Waals surface area (Å²) >= 11 is 3.31. The lowest BCUT2D eigenvalue weighted by molar-refractivity contribution is -0.140. The molecule has 4 rings (SSSR count). The van der Waals surface area contributed by atoms with Crippen LogP contribution in [0, 0.1) is 6.92 Å². The van der Waals surface area contributed by atoms with Gasteiger partial charge in [-0.05, 0) is 43.8 Å². The molecule has 2 aromatic rings. The van der Waals surface area contributed by atoms with Crippen LogP contribution in [0.15, 0.2) is 52.2 Å². The Morgan fingerprint density at radius 2 is 2.00 bits per heavy atom. The Labute approximate surface area is 184 Å². The van der Waals surface area contributed by atoms with Crippen LogP contribution in [-0.4, -0.2) is 32.1 Å². The second-order valence-electron chi connectivity index (χ2n) is 7.61. The molecular formula is C23H25NO4S2. The van der Waals surface area contributed by atoms with Gasteiger partial charge >= 0.3 is 5.97 Å². The van der Waals surface area contributed by atoms with E-state index in [1.165, 1.54) is 4.88 Å². The summed E-state index contributed by atoms with van der Waals surface area (Å²) < 4.78 is 10.5. The van der Waals surface area contributed by atoms with Crippen molar-refractivity contribution in [3.05, 3.63) is 66.8 Å². The van der Waals surface area contributed by atoms with Crippen LogP contribution in [0.25, 0.3) is 0 Å². The Hall–Kier alpha value is -2.22. The molecule has 158 valence electrons. The zero-order valence-electron chi connectivity index (χ0n) is 17.3. The summed E-state index contributed by atoms with van der Waals surface area (Å²) in [5.74, 6) is -0.495. The van der Waals surface area contributed by atoms with Gasteiger partial charge in [-0.25, -0.2) is 4.79 Å². The van der Waals surface area contributed by atoms with Crippen molar-refractivity contribution < 1.29 is 19.1 Å². The van der Waals surface area contributed by atoms with Gasteiger partial charge in [0.2, 0.25) is 0 Å². The molecule has 1 aliphatic carbocycles. The molecule has 0 spiro atoms. The van der Waals surface area contributed by atoms with Crippen molar-refractivity contribution in [2.45, 2.75) is 38.5 Å². The monoisotopic (exact) mass is 443 g/mol. The molecule has 0 amide bonds. The molecule has 3 heterocycles. The molecule has 7 heteroatoms. The van der Waals surface area contributed by atoms with E-state index in [0.29, 0.717) is 24.2 Å². The Balaban J connectivity index is 1.73. The molecule has 5 nitrogen and oxygen atoms in total. The average molecular weight is 444 g/mol. The van der Waals surface area contributed by atoms with Crippen LogP contribution in [-0.2, 0) is 19.1 Å². The summed E-state index contributed by atoms with van der Waals surface area (Å²) in [6.07, 6.45) is 1.23. The normalized spacial score (nSPS) is 21.5. The second kappa shape index (κ2) is 8.88. The van der Waals surface area contributed by atoms with E-state index in [0.717, 1.165) is 27.6 Å². The molecule has 0 saturated heterocycles. The summed E-state index contributed by atoms with van der Waals surface area (Å²) in [5, 5.41) is 5.43. The predicted octanol–water partition coefficient (Wildman–Crippen LogP) is 4.67. The van der Waals surface area contributed by atoms with Crippen molar-refractivity contribution in [2.75, 3.05) is 20.3 Å². The Morgan fingerprint density at radius 1 is 1.17 bits per heavy atom. The standard InChI is InChI=1S/C23H25NO4S2/c1-13-6-7-19(30-13)22-20(23(26)28-9-8-27-3)14(2)24-16-11-15(12-17(25)21(16)22)18-5-4-10-29-18/h4-7,10,15,22,24H,8-9,11-12H2,1-3H3/t15-,22-/m0/s1. The van der Waals surface area contributed by atoms with Gasteiger partial charge < -0.3 is 14.8 Å². The maximum atomic E-state index is 13.4. The number of ether oxygens (including phenoxy) is 2. The Kier molecular flexibility index (Phi) is 6.22. The maximum absolute atomic E-state index is 13.4. The second-order valence-corrected chi connectivity index (χ2v) is 9.91. The van der Waals surface area contributed by atoms with Crippen LogP contribution in [0.2, 0.25) is 0 Å². The van der Waals surface area contributed by atoms with Crippen LogP contribution in [0.4, 0.5) is 0 Å². The fraction of sp³-hybridized carbons (Fsp3) is 0.391. The number of ketones is 1. The zero-order valence-corrected chi connectivity index (χ0v) is 19.0. The summed E-state index contributed by atoms with van der Waals surface area (Å²) in [7, 11) is 1.57. The van der Waals surface area contributed by atoms with Gasteiger partial charge in [0.25, 0.3) is 0 Å². The number of carbonyl (C=O) groups excluding carboxylic acids is 2. The minimum Gasteiger partial charge on any atom is -0.460 e. The number of dihydropyridines is 1. The smallest absolute Gasteiger partial charge is 0.336 e. The first-order chi connectivity index (χ1) is 14.5. The topological polar surface area (TPSA) is 64.6 Å². The third-order valence-corrected chi connectivity index (χ3v) is 7.66. The Bertz CT molecular complexity index is 1020. The summed E-state index contributed by atoms with van der Waals surface area (Å²) in [6, 6.07) is 8.18. The van der Waals surface area contributed by atoms with Gasteiger partial charge in [-0.3, -0.25) is 4.79 Å². The highest BCUT2D eigenvalue weighted by molar-refractivity contribution is 7.12. The van der Waals surface area contributed by atoms with Crippen molar-refractivity contribution in [3.8, 4) is 0 Å². The van der Waals surface area contributed by atoms with Gasteiger partial charge in [0.05, 0.1) is 18.1 Å². The van der Waals surface area contributed by atoms with E-state index in [9.17, 15) is 9.59 Å². The van der Waals surface area contributed by atoms with Gasteiger partial charge in [-0.1, -0.05) is 6.07 Å². The van der Waals surface area contributed by atoms with Gasteiger partial charge in [0.15, 0.2) is 5.78 Å². The van der Waals surface area contributed by atoms with E-state index < -0.39 is 5.97 Å². The molecule has 1 N–H and O–H groups in total. The molecule has 0 fully saturated rings. The van der Waals surface area contributed by atoms with Gasteiger partial charge in [-0.2, -0.15) is 0 Å². The molecule has 2 aromatic heterocycles. The highest BCUT2D eigenvalue weighted by atomic mass is 32.1. The number of aryl methyl sites for hydroxylation is 1. The quantitative estimate of drug-likeness (QED) is 0.519. The predicted molar refractivity (Wildman–Crippen MR) is 119 cm³/mol. The van der Waals surface area contributed by atoms with Gasteiger partial charge in [-0.15, -0.1) is 22.7 Å². The van der Waals surface area contributed by atoms with Crippen molar-refractivity contribution in [1.29, 1.82) is 0 Å². The number of allylic oxidation sites excluding steroid dienone is 3. The van der Waals surface area contributed by atoms with Crippen molar-refractivity contribution in [3.63, 3.8) is 0 Å².